The summed E-state index contributed by atoms with van der Waals surface area (Å²) in [6, 6.07) is 15.5. The van der Waals surface area contributed by atoms with Crippen LogP contribution in [0, 0.1) is 6.92 Å². The van der Waals surface area contributed by atoms with Gasteiger partial charge in [0.05, 0.1) is 18.7 Å². The third-order valence-electron chi connectivity index (χ3n) is 3.79. The number of rotatable bonds is 7. The molecule has 3 rings (SSSR count). The number of amides is 1. The first-order chi connectivity index (χ1) is 11.7. The van der Waals surface area contributed by atoms with Crippen molar-refractivity contribution in [3.05, 3.63) is 66.1 Å². The highest BCUT2D eigenvalue weighted by atomic mass is 16.5. The van der Waals surface area contributed by atoms with Crippen LogP contribution in [-0.2, 0) is 11.2 Å². The number of imidazole rings is 1. The normalized spacial score (nSPS) is 10.7. The summed E-state index contributed by atoms with van der Waals surface area (Å²) >= 11 is 0. The zero-order chi connectivity index (χ0) is 16.8. The maximum Gasteiger partial charge on any atom is 0.223 e. The van der Waals surface area contributed by atoms with E-state index < -0.39 is 0 Å². The second kappa shape index (κ2) is 7.64. The average Bonchev–Trinajstić information content (AvgIpc) is 3.00. The summed E-state index contributed by atoms with van der Waals surface area (Å²) in [5, 5.41) is 2.91. The van der Waals surface area contributed by atoms with Gasteiger partial charge in [-0.2, -0.15) is 0 Å². The number of nitrogens with zero attached hydrogens (tertiary/aromatic N) is 2. The molecule has 24 heavy (non-hydrogen) atoms. The van der Waals surface area contributed by atoms with E-state index in [0.717, 1.165) is 22.8 Å². The molecule has 5 heteroatoms. The quantitative estimate of drug-likeness (QED) is 0.727. The van der Waals surface area contributed by atoms with Crippen molar-refractivity contribution in [3.63, 3.8) is 0 Å². The zero-order valence-corrected chi connectivity index (χ0v) is 13.7. The van der Waals surface area contributed by atoms with Crippen LogP contribution in [0.1, 0.15) is 17.8 Å². The fourth-order valence-corrected chi connectivity index (χ4v) is 2.52. The average molecular weight is 323 g/mol. The molecule has 0 fully saturated rings. The molecule has 2 aromatic heterocycles. The Balaban J connectivity index is 1.40. The highest BCUT2D eigenvalue weighted by molar-refractivity contribution is 5.75. The van der Waals surface area contributed by atoms with Gasteiger partial charge < -0.3 is 14.5 Å². The minimum atomic E-state index is -0.00845. The Morgan fingerprint density at radius 2 is 2.00 bits per heavy atom. The molecule has 0 aliphatic rings. The van der Waals surface area contributed by atoms with E-state index in [0.29, 0.717) is 26.0 Å². The first kappa shape index (κ1) is 16.1. The van der Waals surface area contributed by atoms with Crippen LogP contribution in [0.5, 0.6) is 5.75 Å². The predicted molar refractivity (Wildman–Crippen MR) is 93.2 cm³/mol. The molecule has 124 valence electrons. The monoisotopic (exact) mass is 323 g/mol. The highest BCUT2D eigenvalue weighted by Crippen LogP contribution is 2.09. The SMILES string of the molecule is Cc1cccc2nc(CCNC(=O)CCOc3ccccc3)cn12. The molecule has 1 N–H and O–H groups in total. The number of pyridine rings is 1. The van der Waals surface area contributed by atoms with Crippen LogP contribution in [0.15, 0.2) is 54.7 Å². The highest BCUT2D eigenvalue weighted by Gasteiger charge is 2.05. The number of ether oxygens (including phenoxy) is 1. The molecule has 2 heterocycles. The standard InChI is InChI=1S/C19H21N3O2/c1-15-6-5-9-18-21-16(14-22(15)18)10-12-20-19(23)11-13-24-17-7-3-2-4-8-17/h2-9,14H,10-13H2,1H3,(H,20,23). The molecule has 0 atom stereocenters. The van der Waals surface area contributed by atoms with Crippen molar-refractivity contribution in [2.45, 2.75) is 19.8 Å². The Morgan fingerprint density at radius 1 is 1.17 bits per heavy atom. The maximum atomic E-state index is 11.8. The van der Waals surface area contributed by atoms with E-state index in [1.54, 1.807) is 0 Å². The van der Waals surface area contributed by atoms with Crippen molar-refractivity contribution >= 4 is 11.6 Å². The van der Waals surface area contributed by atoms with Crippen molar-refractivity contribution in [1.29, 1.82) is 0 Å². The predicted octanol–water partition coefficient (Wildman–Crippen LogP) is 2.77. The second-order valence-corrected chi connectivity index (χ2v) is 5.64. The van der Waals surface area contributed by atoms with Gasteiger partial charge in [-0.3, -0.25) is 4.79 Å². The molecule has 0 saturated heterocycles. The van der Waals surface area contributed by atoms with Crippen LogP contribution in [-0.4, -0.2) is 28.4 Å². The number of carbonyl (C=O) groups is 1. The van der Waals surface area contributed by atoms with E-state index in [1.165, 1.54) is 0 Å². The van der Waals surface area contributed by atoms with Gasteiger partial charge in [0.25, 0.3) is 0 Å². The largest absolute Gasteiger partial charge is 0.493 e. The lowest BCUT2D eigenvalue weighted by molar-refractivity contribution is -0.121. The number of aryl methyl sites for hydroxylation is 1. The van der Waals surface area contributed by atoms with Crippen LogP contribution < -0.4 is 10.1 Å². The number of nitrogens with one attached hydrogen (secondary N) is 1. The van der Waals surface area contributed by atoms with Crippen LogP contribution in [0.2, 0.25) is 0 Å². The summed E-state index contributed by atoms with van der Waals surface area (Å²) in [5.74, 6) is 0.774. The number of para-hydroxylation sites is 1. The van der Waals surface area contributed by atoms with Gasteiger partial charge in [0.15, 0.2) is 0 Å². The number of fused-ring (bicyclic) bond motifs is 1. The maximum absolute atomic E-state index is 11.8. The van der Waals surface area contributed by atoms with E-state index >= 15 is 0 Å². The number of hydrogen-bond acceptors (Lipinski definition) is 3. The third kappa shape index (κ3) is 4.13. The fraction of sp³-hybridized carbons (Fsp3) is 0.263. The van der Waals surface area contributed by atoms with Crippen molar-refractivity contribution in [2.75, 3.05) is 13.2 Å². The van der Waals surface area contributed by atoms with E-state index in [-0.39, 0.29) is 5.91 Å². The van der Waals surface area contributed by atoms with E-state index in [9.17, 15) is 4.79 Å². The molecule has 1 aromatic carbocycles. The molecule has 0 aliphatic carbocycles. The molecular formula is C19H21N3O2. The Hall–Kier alpha value is -2.82. The third-order valence-corrected chi connectivity index (χ3v) is 3.79. The first-order valence-electron chi connectivity index (χ1n) is 8.10. The summed E-state index contributed by atoms with van der Waals surface area (Å²) in [5.41, 5.74) is 3.06. The summed E-state index contributed by atoms with van der Waals surface area (Å²) in [6.07, 6.45) is 3.08. The fourth-order valence-electron chi connectivity index (χ4n) is 2.52. The van der Waals surface area contributed by atoms with Gasteiger partial charge in [-0.15, -0.1) is 0 Å². The summed E-state index contributed by atoms with van der Waals surface area (Å²) < 4.78 is 7.58. The van der Waals surface area contributed by atoms with Crippen molar-refractivity contribution in [2.24, 2.45) is 0 Å². The van der Waals surface area contributed by atoms with Crippen LogP contribution in [0.4, 0.5) is 0 Å². The summed E-state index contributed by atoms with van der Waals surface area (Å²) in [7, 11) is 0. The van der Waals surface area contributed by atoms with Crippen LogP contribution in [0.3, 0.4) is 0 Å². The van der Waals surface area contributed by atoms with E-state index in [1.807, 2.05) is 61.7 Å². The topological polar surface area (TPSA) is 55.6 Å². The number of benzene rings is 1. The van der Waals surface area contributed by atoms with Crippen LogP contribution >= 0.6 is 0 Å². The molecule has 5 nitrogen and oxygen atoms in total. The van der Waals surface area contributed by atoms with Gasteiger partial charge in [-0.05, 0) is 31.2 Å². The Labute approximate surface area is 141 Å². The number of hydrogen-bond donors (Lipinski definition) is 1. The van der Waals surface area contributed by atoms with Crippen LogP contribution in [0.25, 0.3) is 5.65 Å². The molecule has 1 amide bonds. The Bertz CT molecular complexity index is 812. The molecule has 0 aliphatic heterocycles. The van der Waals surface area contributed by atoms with E-state index in [4.69, 9.17) is 4.74 Å². The van der Waals surface area contributed by atoms with Gasteiger partial charge >= 0.3 is 0 Å². The van der Waals surface area contributed by atoms with Gasteiger partial charge in [0, 0.05) is 24.9 Å². The second-order valence-electron chi connectivity index (χ2n) is 5.64. The smallest absolute Gasteiger partial charge is 0.223 e. The molecule has 0 saturated carbocycles. The first-order valence-corrected chi connectivity index (χ1v) is 8.10. The van der Waals surface area contributed by atoms with Crippen molar-refractivity contribution in [1.82, 2.24) is 14.7 Å². The van der Waals surface area contributed by atoms with Crippen molar-refractivity contribution in [3.8, 4) is 5.75 Å². The molecule has 0 spiro atoms. The van der Waals surface area contributed by atoms with Gasteiger partial charge in [-0.25, -0.2) is 4.98 Å². The Morgan fingerprint density at radius 3 is 2.79 bits per heavy atom. The molecule has 0 bridgehead atoms. The molecular weight excluding hydrogens is 302 g/mol. The number of carbonyl (C=O) groups excluding carboxylic acids is 1. The lowest BCUT2D eigenvalue weighted by atomic mass is 10.3. The summed E-state index contributed by atoms with van der Waals surface area (Å²) in [4.78, 5) is 16.4. The number of aromatic nitrogens is 2. The van der Waals surface area contributed by atoms with E-state index in [2.05, 4.69) is 14.7 Å². The molecule has 0 unspecified atom stereocenters. The Kier molecular flexibility index (Phi) is 5.11. The molecule has 0 radical (unpaired) electrons. The summed E-state index contributed by atoms with van der Waals surface area (Å²) in [6.45, 7) is 3.00. The lowest BCUT2D eigenvalue weighted by Gasteiger charge is -2.06. The zero-order valence-electron chi connectivity index (χ0n) is 13.7. The van der Waals surface area contributed by atoms with Crippen molar-refractivity contribution < 1.29 is 9.53 Å². The van der Waals surface area contributed by atoms with Gasteiger partial charge in [0.1, 0.15) is 11.4 Å². The lowest BCUT2D eigenvalue weighted by Crippen LogP contribution is -2.27. The van der Waals surface area contributed by atoms with Gasteiger partial charge in [-0.1, -0.05) is 24.3 Å². The minimum absolute atomic E-state index is 0.00845. The van der Waals surface area contributed by atoms with Gasteiger partial charge in [0.2, 0.25) is 5.91 Å². The minimum Gasteiger partial charge on any atom is -0.493 e. The molecule has 3 aromatic rings.